The number of nitro groups is 1. The van der Waals surface area contributed by atoms with Gasteiger partial charge in [0.15, 0.2) is 0 Å². The second-order valence-electron chi connectivity index (χ2n) is 4.38. The summed E-state index contributed by atoms with van der Waals surface area (Å²) in [6.07, 6.45) is 3.79. The van der Waals surface area contributed by atoms with Crippen LogP contribution < -0.4 is 5.48 Å². The van der Waals surface area contributed by atoms with E-state index in [4.69, 9.17) is 4.84 Å². The molecule has 0 radical (unpaired) electrons. The number of nitrogens with one attached hydrogen (secondary N) is 1. The Bertz CT molecular complexity index is 501. The van der Waals surface area contributed by atoms with Gasteiger partial charge in [-0.15, -0.1) is 0 Å². The minimum atomic E-state index is -0.943. The molecule has 0 unspecified atom stereocenters. The Morgan fingerprint density at radius 3 is 2.68 bits per heavy atom. The number of non-ortho nitro benzene ring substituents is 1. The zero-order valence-electron chi connectivity index (χ0n) is 10.1. The maximum absolute atomic E-state index is 13.5. The summed E-state index contributed by atoms with van der Waals surface area (Å²) < 4.78 is 13.5. The van der Waals surface area contributed by atoms with Crippen molar-refractivity contribution in [3.8, 4) is 0 Å². The number of halogens is 1. The van der Waals surface area contributed by atoms with Gasteiger partial charge in [-0.05, 0) is 18.9 Å². The van der Waals surface area contributed by atoms with Crippen LogP contribution in [0.2, 0.25) is 0 Å². The van der Waals surface area contributed by atoms with Gasteiger partial charge in [0.05, 0.1) is 22.7 Å². The molecule has 0 saturated heterocycles. The molecular weight excluding hydrogens is 255 g/mol. The molecule has 0 heterocycles. The molecule has 1 aromatic rings. The van der Waals surface area contributed by atoms with Crippen molar-refractivity contribution in [1.82, 2.24) is 5.48 Å². The molecule has 7 heteroatoms. The Kier molecular flexibility index (Phi) is 4.06. The Balaban J connectivity index is 2.00. The minimum Gasteiger partial charge on any atom is -0.270 e. The van der Waals surface area contributed by atoms with Crippen molar-refractivity contribution in [3.05, 3.63) is 39.7 Å². The first kappa shape index (κ1) is 13.4. The minimum absolute atomic E-state index is 0.0370. The highest BCUT2D eigenvalue weighted by Crippen LogP contribution is 2.20. The summed E-state index contributed by atoms with van der Waals surface area (Å²) in [6.45, 7) is 0. The van der Waals surface area contributed by atoms with Gasteiger partial charge in [-0.2, -0.15) is 0 Å². The van der Waals surface area contributed by atoms with Crippen molar-refractivity contribution >= 4 is 11.6 Å². The summed E-state index contributed by atoms with van der Waals surface area (Å²) in [5.41, 5.74) is 1.51. The molecular formula is C12H13FN2O4. The molecule has 1 aliphatic rings. The maximum atomic E-state index is 13.5. The van der Waals surface area contributed by atoms with Crippen LogP contribution in [0.4, 0.5) is 10.1 Å². The fourth-order valence-corrected chi connectivity index (χ4v) is 2.00. The lowest BCUT2D eigenvalue weighted by atomic mass is 10.2. The molecule has 6 nitrogen and oxygen atoms in total. The number of hydrogen-bond acceptors (Lipinski definition) is 4. The van der Waals surface area contributed by atoms with E-state index in [2.05, 4.69) is 5.48 Å². The predicted octanol–water partition coefficient (Wildman–Crippen LogP) is 2.34. The van der Waals surface area contributed by atoms with Gasteiger partial charge in [0.1, 0.15) is 5.82 Å². The van der Waals surface area contributed by atoms with E-state index in [1.54, 1.807) is 0 Å². The number of hydroxylamine groups is 1. The van der Waals surface area contributed by atoms with Crippen molar-refractivity contribution < 1.29 is 18.9 Å². The fourth-order valence-electron chi connectivity index (χ4n) is 2.00. The van der Waals surface area contributed by atoms with Crippen LogP contribution in [0, 0.1) is 15.9 Å². The summed E-state index contributed by atoms with van der Waals surface area (Å²) in [5, 5.41) is 10.4. The zero-order chi connectivity index (χ0) is 13.8. The van der Waals surface area contributed by atoms with Crippen LogP contribution in [0.5, 0.6) is 0 Å². The highest BCUT2D eigenvalue weighted by Gasteiger charge is 2.20. The van der Waals surface area contributed by atoms with Crippen LogP contribution in [0.25, 0.3) is 0 Å². The number of carbonyl (C=O) groups excluding carboxylic acids is 1. The van der Waals surface area contributed by atoms with E-state index >= 15 is 0 Å². The first-order valence-corrected chi connectivity index (χ1v) is 5.98. The number of benzene rings is 1. The van der Waals surface area contributed by atoms with E-state index in [0.29, 0.717) is 6.07 Å². The molecule has 1 saturated carbocycles. The van der Waals surface area contributed by atoms with Crippen molar-refractivity contribution in [2.45, 2.75) is 31.8 Å². The summed E-state index contributed by atoms with van der Waals surface area (Å²) in [6, 6.07) is 2.86. The highest BCUT2D eigenvalue weighted by molar-refractivity contribution is 5.93. The van der Waals surface area contributed by atoms with Gasteiger partial charge in [0.2, 0.25) is 0 Å². The molecule has 0 bridgehead atoms. The standard InChI is InChI=1S/C12H13FN2O4/c13-11-7-8(15(17)18)5-6-10(11)12(16)14-19-9-3-1-2-4-9/h5-7,9H,1-4H2,(H,14,16). The third-order valence-electron chi connectivity index (χ3n) is 3.03. The number of amides is 1. The second kappa shape index (κ2) is 5.75. The van der Waals surface area contributed by atoms with Gasteiger partial charge in [0, 0.05) is 6.07 Å². The number of nitro benzene ring substituents is 1. The Morgan fingerprint density at radius 1 is 1.42 bits per heavy atom. The Labute approximate surface area is 108 Å². The third kappa shape index (κ3) is 3.25. The lowest BCUT2D eigenvalue weighted by Gasteiger charge is -2.11. The third-order valence-corrected chi connectivity index (χ3v) is 3.03. The number of nitrogens with zero attached hydrogens (tertiary/aromatic N) is 1. The quantitative estimate of drug-likeness (QED) is 0.671. The van der Waals surface area contributed by atoms with E-state index < -0.39 is 22.3 Å². The molecule has 0 aromatic heterocycles. The van der Waals surface area contributed by atoms with Gasteiger partial charge < -0.3 is 0 Å². The Morgan fingerprint density at radius 2 is 2.11 bits per heavy atom. The molecule has 1 aliphatic carbocycles. The van der Waals surface area contributed by atoms with Crippen LogP contribution in [0.1, 0.15) is 36.0 Å². The molecule has 0 spiro atoms. The molecule has 1 amide bonds. The molecule has 19 heavy (non-hydrogen) atoms. The molecule has 2 rings (SSSR count). The number of carbonyl (C=O) groups is 1. The van der Waals surface area contributed by atoms with E-state index in [0.717, 1.165) is 37.8 Å². The van der Waals surface area contributed by atoms with E-state index in [-0.39, 0.29) is 11.7 Å². The maximum Gasteiger partial charge on any atom is 0.277 e. The van der Waals surface area contributed by atoms with Crippen LogP contribution in [-0.2, 0) is 4.84 Å². The molecule has 1 fully saturated rings. The first-order valence-electron chi connectivity index (χ1n) is 5.98. The van der Waals surface area contributed by atoms with Gasteiger partial charge in [-0.3, -0.25) is 19.7 Å². The smallest absolute Gasteiger partial charge is 0.270 e. The monoisotopic (exact) mass is 268 g/mol. The topological polar surface area (TPSA) is 81.5 Å². The van der Waals surface area contributed by atoms with Crippen LogP contribution in [-0.4, -0.2) is 16.9 Å². The second-order valence-corrected chi connectivity index (χ2v) is 4.38. The lowest BCUT2D eigenvalue weighted by molar-refractivity contribution is -0.385. The average molecular weight is 268 g/mol. The highest BCUT2D eigenvalue weighted by atomic mass is 19.1. The Hall–Kier alpha value is -2.02. The van der Waals surface area contributed by atoms with Crippen molar-refractivity contribution in [2.24, 2.45) is 0 Å². The summed E-state index contributed by atoms with van der Waals surface area (Å²) in [4.78, 5) is 26.5. The van der Waals surface area contributed by atoms with Gasteiger partial charge >= 0.3 is 0 Å². The summed E-state index contributed by atoms with van der Waals surface area (Å²) in [5.74, 6) is -1.68. The van der Waals surface area contributed by atoms with E-state index in [1.165, 1.54) is 0 Å². The first-order chi connectivity index (χ1) is 9.08. The molecule has 1 aromatic carbocycles. The number of rotatable bonds is 4. The normalized spacial score (nSPS) is 15.4. The number of hydrogen-bond donors (Lipinski definition) is 1. The molecule has 0 atom stereocenters. The van der Waals surface area contributed by atoms with Gasteiger partial charge in [-0.25, -0.2) is 9.87 Å². The summed E-state index contributed by atoms with van der Waals surface area (Å²) in [7, 11) is 0. The van der Waals surface area contributed by atoms with Crippen LogP contribution in [0.15, 0.2) is 18.2 Å². The average Bonchev–Trinajstić information content (AvgIpc) is 2.88. The van der Waals surface area contributed by atoms with Crippen LogP contribution in [0.3, 0.4) is 0 Å². The van der Waals surface area contributed by atoms with Crippen molar-refractivity contribution in [2.75, 3.05) is 0 Å². The van der Waals surface area contributed by atoms with E-state index in [9.17, 15) is 19.3 Å². The largest absolute Gasteiger partial charge is 0.277 e. The molecule has 1 N–H and O–H groups in total. The van der Waals surface area contributed by atoms with Gasteiger partial charge in [-0.1, -0.05) is 12.8 Å². The predicted molar refractivity (Wildman–Crippen MR) is 63.9 cm³/mol. The van der Waals surface area contributed by atoms with E-state index in [1.807, 2.05) is 0 Å². The molecule has 0 aliphatic heterocycles. The zero-order valence-corrected chi connectivity index (χ0v) is 10.1. The van der Waals surface area contributed by atoms with Crippen LogP contribution >= 0.6 is 0 Å². The van der Waals surface area contributed by atoms with Crippen molar-refractivity contribution in [3.63, 3.8) is 0 Å². The molecule has 102 valence electrons. The van der Waals surface area contributed by atoms with Gasteiger partial charge in [0.25, 0.3) is 11.6 Å². The fraction of sp³-hybridized carbons (Fsp3) is 0.417. The van der Waals surface area contributed by atoms with Crippen molar-refractivity contribution in [1.29, 1.82) is 0 Å². The lowest BCUT2D eigenvalue weighted by Crippen LogP contribution is -2.29. The summed E-state index contributed by atoms with van der Waals surface area (Å²) >= 11 is 0. The SMILES string of the molecule is O=C(NOC1CCCC1)c1ccc([N+](=O)[O-])cc1F.